The largest absolute Gasteiger partial charge is 0.443 e. The number of carbonyl (C=O) groups excluding carboxylic acids is 2. The normalized spacial score (nSPS) is 11.2. The van der Waals surface area contributed by atoms with Crippen LogP contribution in [0.15, 0.2) is 43.1 Å². The van der Waals surface area contributed by atoms with Gasteiger partial charge in [-0.05, 0) is 32.9 Å². The maximum absolute atomic E-state index is 12.2. The number of nitrogens with zero attached hydrogens (tertiary/aromatic N) is 1. The second kappa shape index (κ2) is 5.44. The molecule has 0 unspecified atom stereocenters. The highest BCUT2D eigenvalue weighted by Crippen LogP contribution is 2.29. The lowest BCUT2D eigenvalue weighted by molar-refractivity contribution is -0.128. The van der Waals surface area contributed by atoms with Gasteiger partial charge in [-0.25, -0.2) is 14.2 Å². The molecule has 0 aliphatic carbocycles. The van der Waals surface area contributed by atoms with Gasteiger partial charge in [0.2, 0.25) is 0 Å². The molecule has 0 amide bonds. The minimum Gasteiger partial charge on any atom is -0.443 e. The smallest absolute Gasteiger partial charge is 0.419 e. The van der Waals surface area contributed by atoms with Crippen LogP contribution in [0.2, 0.25) is 0 Å². The van der Waals surface area contributed by atoms with E-state index in [-0.39, 0.29) is 0 Å². The molecule has 0 N–H and O–H groups in total. The lowest BCUT2D eigenvalue weighted by atomic mass is 10.2. The zero-order valence-corrected chi connectivity index (χ0v) is 12.3. The lowest BCUT2D eigenvalue weighted by Crippen LogP contribution is -2.26. The van der Waals surface area contributed by atoms with E-state index in [1.807, 2.05) is 0 Å². The molecule has 21 heavy (non-hydrogen) atoms. The highest BCUT2D eigenvalue weighted by atomic mass is 16.6. The average Bonchev–Trinajstić information content (AvgIpc) is 2.76. The van der Waals surface area contributed by atoms with E-state index in [0.717, 1.165) is 6.08 Å². The molecule has 2 aromatic rings. The zero-order valence-electron chi connectivity index (χ0n) is 12.3. The number of rotatable bonds is 2. The van der Waals surface area contributed by atoms with Crippen LogP contribution in [0.3, 0.4) is 0 Å². The third-order valence-corrected chi connectivity index (χ3v) is 2.64. The Hall–Kier alpha value is -2.56. The minimum absolute atomic E-state index is 0.293. The SMILES string of the molecule is C=CC(=O)Oc1cn(C(=O)OC(C)(C)C)c2ccccc12. The third-order valence-electron chi connectivity index (χ3n) is 2.64. The molecule has 2 rings (SSSR count). The Morgan fingerprint density at radius 1 is 1.24 bits per heavy atom. The number of fused-ring (bicyclic) bond motifs is 1. The quantitative estimate of drug-likeness (QED) is 0.626. The van der Waals surface area contributed by atoms with E-state index in [1.54, 1.807) is 45.0 Å². The fraction of sp³-hybridized carbons (Fsp3) is 0.250. The predicted octanol–water partition coefficient (Wildman–Crippen LogP) is 3.52. The van der Waals surface area contributed by atoms with E-state index in [0.29, 0.717) is 16.7 Å². The van der Waals surface area contributed by atoms with Crippen molar-refractivity contribution in [3.05, 3.63) is 43.1 Å². The second-order valence-corrected chi connectivity index (χ2v) is 5.49. The highest BCUT2D eigenvalue weighted by Gasteiger charge is 2.21. The van der Waals surface area contributed by atoms with Gasteiger partial charge < -0.3 is 9.47 Å². The molecule has 0 aliphatic rings. The number of aromatic nitrogens is 1. The van der Waals surface area contributed by atoms with Crippen molar-refractivity contribution in [3.63, 3.8) is 0 Å². The van der Waals surface area contributed by atoms with Crippen molar-refractivity contribution < 1.29 is 19.1 Å². The summed E-state index contributed by atoms with van der Waals surface area (Å²) in [6, 6.07) is 7.11. The topological polar surface area (TPSA) is 57.5 Å². The number of ether oxygens (including phenoxy) is 2. The van der Waals surface area contributed by atoms with Crippen LogP contribution in [-0.4, -0.2) is 22.2 Å². The first kappa shape index (κ1) is 14.8. The Morgan fingerprint density at radius 2 is 1.90 bits per heavy atom. The minimum atomic E-state index is -0.611. The molecule has 0 atom stereocenters. The molecule has 5 nitrogen and oxygen atoms in total. The van der Waals surface area contributed by atoms with Crippen molar-refractivity contribution in [1.82, 2.24) is 4.57 Å². The standard InChI is InChI=1S/C16H17NO4/c1-5-14(18)20-13-10-17(15(19)21-16(2,3)4)12-9-7-6-8-11(12)13/h5-10H,1H2,2-4H3. The fourth-order valence-corrected chi connectivity index (χ4v) is 1.84. The van der Waals surface area contributed by atoms with Crippen molar-refractivity contribution >= 4 is 23.0 Å². The van der Waals surface area contributed by atoms with Crippen molar-refractivity contribution in [2.24, 2.45) is 0 Å². The van der Waals surface area contributed by atoms with E-state index < -0.39 is 17.7 Å². The summed E-state index contributed by atoms with van der Waals surface area (Å²) in [7, 11) is 0. The van der Waals surface area contributed by atoms with Gasteiger partial charge in [0, 0.05) is 11.5 Å². The summed E-state index contributed by atoms with van der Waals surface area (Å²) >= 11 is 0. The van der Waals surface area contributed by atoms with E-state index >= 15 is 0 Å². The zero-order chi connectivity index (χ0) is 15.6. The van der Waals surface area contributed by atoms with E-state index in [1.165, 1.54) is 10.8 Å². The van der Waals surface area contributed by atoms with Crippen LogP contribution in [0.5, 0.6) is 5.75 Å². The van der Waals surface area contributed by atoms with Crippen LogP contribution in [0, 0.1) is 0 Å². The van der Waals surface area contributed by atoms with Gasteiger partial charge in [0.15, 0.2) is 5.75 Å². The molecule has 0 aliphatic heterocycles. The number of carbonyl (C=O) groups is 2. The number of para-hydroxylation sites is 1. The van der Waals surface area contributed by atoms with Crippen LogP contribution < -0.4 is 4.74 Å². The molecule has 0 radical (unpaired) electrons. The Morgan fingerprint density at radius 3 is 2.52 bits per heavy atom. The van der Waals surface area contributed by atoms with Gasteiger partial charge in [0.05, 0.1) is 11.7 Å². The number of esters is 1. The summed E-state index contributed by atoms with van der Waals surface area (Å²) in [6.45, 7) is 8.72. The molecule has 110 valence electrons. The highest BCUT2D eigenvalue weighted by molar-refractivity contribution is 5.96. The number of benzene rings is 1. The van der Waals surface area contributed by atoms with Crippen molar-refractivity contribution in [2.45, 2.75) is 26.4 Å². The van der Waals surface area contributed by atoms with Gasteiger partial charge in [0.1, 0.15) is 5.60 Å². The first-order valence-electron chi connectivity index (χ1n) is 6.49. The Labute approximate surface area is 122 Å². The fourth-order valence-electron chi connectivity index (χ4n) is 1.84. The summed E-state index contributed by atoms with van der Waals surface area (Å²) in [5.41, 5.74) is -0.000875. The first-order chi connectivity index (χ1) is 9.81. The number of hydrogen-bond donors (Lipinski definition) is 0. The molecule has 1 heterocycles. The summed E-state index contributed by atoms with van der Waals surface area (Å²) in [5, 5.41) is 0.651. The van der Waals surface area contributed by atoms with Gasteiger partial charge in [0.25, 0.3) is 0 Å². The molecule has 0 saturated heterocycles. The van der Waals surface area contributed by atoms with Crippen molar-refractivity contribution in [3.8, 4) is 5.75 Å². The molecular formula is C16H17NO4. The van der Waals surface area contributed by atoms with Gasteiger partial charge in [-0.15, -0.1) is 0 Å². The summed E-state index contributed by atoms with van der Waals surface area (Å²) < 4.78 is 11.8. The van der Waals surface area contributed by atoms with Crippen LogP contribution in [-0.2, 0) is 9.53 Å². The summed E-state index contributed by atoms with van der Waals surface area (Å²) in [5.74, 6) is -0.288. The van der Waals surface area contributed by atoms with Crippen molar-refractivity contribution in [2.75, 3.05) is 0 Å². The first-order valence-corrected chi connectivity index (χ1v) is 6.49. The maximum Gasteiger partial charge on any atom is 0.419 e. The van der Waals surface area contributed by atoms with Crippen LogP contribution >= 0.6 is 0 Å². The van der Waals surface area contributed by atoms with Crippen molar-refractivity contribution in [1.29, 1.82) is 0 Å². The van der Waals surface area contributed by atoms with Gasteiger partial charge >= 0.3 is 12.1 Å². The van der Waals surface area contributed by atoms with E-state index in [2.05, 4.69) is 6.58 Å². The molecular weight excluding hydrogens is 270 g/mol. The Bertz CT molecular complexity index is 707. The van der Waals surface area contributed by atoms with E-state index in [4.69, 9.17) is 9.47 Å². The Balaban J connectivity index is 2.47. The molecule has 5 heteroatoms. The van der Waals surface area contributed by atoms with Crippen LogP contribution in [0.1, 0.15) is 20.8 Å². The summed E-state index contributed by atoms with van der Waals surface area (Å²) in [4.78, 5) is 23.6. The maximum atomic E-state index is 12.2. The lowest BCUT2D eigenvalue weighted by Gasteiger charge is -2.19. The Kier molecular flexibility index (Phi) is 3.84. The molecule has 0 spiro atoms. The third kappa shape index (κ3) is 3.31. The molecule has 1 aromatic carbocycles. The predicted molar refractivity (Wildman–Crippen MR) is 79.4 cm³/mol. The monoisotopic (exact) mass is 287 g/mol. The number of hydrogen-bond acceptors (Lipinski definition) is 4. The summed E-state index contributed by atoms with van der Waals surface area (Å²) in [6.07, 6.45) is 1.99. The van der Waals surface area contributed by atoms with Gasteiger partial charge in [-0.3, -0.25) is 0 Å². The van der Waals surface area contributed by atoms with Gasteiger partial charge in [-0.2, -0.15) is 0 Å². The van der Waals surface area contributed by atoms with E-state index in [9.17, 15) is 9.59 Å². The molecule has 1 aromatic heterocycles. The second-order valence-electron chi connectivity index (χ2n) is 5.49. The molecule has 0 saturated carbocycles. The van der Waals surface area contributed by atoms with Crippen LogP contribution in [0.4, 0.5) is 4.79 Å². The van der Waals surface area contributed by atoms with Gasteiger partial charge in [-0.1, -0.05) is 18.7 Å². The molecule has 0 fully saturated rings. The van der Waals surface area contributed by atoms with Crippen LogP contribution in [0.25, 0.3) is 10.9 Å². The average molecular weight is 287 g/mol. The molecule has 0 bridgehead atoms.